The first-order valence-electron chi connectivity index (χ1n) is 10.5. The van der Waals surface area contributed by atoms with Gasteiger partial charge in [0.05, 0.1) is 31.0 Å². The van der Waals surface area contributed by atoms with Crippen LogP contribution in [0.25, 0.3) is 10.6 Å². The smallest absolute Gasteiger partial charge is 0.333 e. The van der Waals surface area contributed by atoms with Crippen molar-refractivity contribution in [3.8, 4) is 16.3 Å². The normalized spacial score (nSPS) is 11.9. The molecular weight excluding hydrogens is 442 g/mol. The van der Waals surface area contributed by atoms with Crippen molar-refractivity contribution in [3.63, 3.8) is 0 Å². The summed E-state index contributed by atoms with van der Waals surface area (Å²) < 4.78 is 10.9. The maximum Gasteiger partial charge on any atom is 0.333 e. The first-order chi connectivity index (χ1) is 15.8. The van der Waals surface area contributed by atoms with E-state index in [1.54, 1.807) is 39.3 Å². The Labute approximate surface area is 196 Å². The standard InChI is InChI=1S/C24H27N3O5S/c1-14(2)32-20(24(29)30)12-16-9-10-25-17(11-16)13-26-22(28)21-15(3)33-23(27-21)18-7-5-6-8-19(18)31-4/h5-11,14,20H,12-13H2,1-4H3,(H,26,28)(H,29,30). The van der Waals surface area contributed by atoms with Crippen LogP contribution < -0.4 is 10.1 Å². The summed E-state index contributed by atoms with van der Waals surface area (Å²) >= 11 is 1.43. The summed E-state index contributed by atoms with van der Waals surface area (Å²) in [5.41, 5.74) is 2.57. The highest BCUT2D eigenvalue weighted by atomic mass is 32.1. The zero-order valence-corrected chi connectivity index (χ0v) is 19.8. The van der Waals surface area contributed by atoms with E-state index in [-0.39, 0.29) is 25.0 Å². The minimum atomic E-state index is -1.01. The fourth-order valence-electron chi connectivity index (χ4n) is 3.29. The largest absolute Gasteiger partial charge is 0.496 e. The number of benzene rings is 1. The van der Waals surface area contributed by atoms with Crippen LogP contribution >= 0.6 is 11.3 Å². The molecule has 1 aromatic carbocycles. The molecule has 1 unspecified atom stereocenters. The number of pyridine rings is 1. The van der Waals surface area contributed by atoms with Gasteiger partial charge in [0.2, 0.25) is 0 Å². The molecule has 9 heteroatoms. The fourth-order valence-corrected chi connectivity index (χ4v) is 4.23. The van der Waals surface area contributed by atoms with Crippen LogP contribution in [0.5, 0.6) is 5.75 Å². The number of carboxylic acids is 1. The topological polar surface area (TPSA) is 111 Å². The fraction of sp³-hybridized carbons (Fsp3) is 0.333. The molecule has 1 atom stereocenters. The number of aromatic nitrogens is 2. The molecule has 0 bridgehead atoms. The second-order valence-electron chi connectivity index (χ2n) is 7.68. The molecule has 0 fully saturated rings. The maximum atomic E-state index is 12.8. The Morgan fingerprint density at radius 3 is 2.67 bits per heavy atom. The van der Waals surface area contributed by atoms with Gasteiger partial charge < -0.3 is 19.9 Å². The highest BCUT2D eigenvalue weighted by Gasteiger charge is 2.21. The zero-order valence-electron chi connectivity index (χ0n) is 19.0. The molecule has 1 amide bonds. The van der Waals surface area contributed by atoms with Crippen molar-refractivity contribution in [1.29, 1.82) is 0 Å². The summed E-state index contributed by atoms with van der Waals surface area (Å²) in [5.74, 6) is -0.621. The van der Waals surface area contributed by atoms with Gasteiger partial charge in [-0.1, -0.05) is 12.1 Å². The second kappa shape index (κ2) is 11.0. The number of carboxylic acid groups (broad SMARTS) is 1. The number of carbonyl (C=O) groups excluding carboxylic acids is 1. The van der Waals surface area contributed by atoms with Crippen LogP contribution in [-0.2, 0) is 22.5 Å². The minimum absolute atomic E-state index is 0.191. The number of hydrogen-bond acceptors (Lipinski definition) is 7. The lowest BCUT2D eigenvalue weighted by Crippen LogP contribution is -2.29. The van der Waals surface area contributed by atoms with E-state index in [4.69, 9.17) is 9.47 Å². The van der Waals surface area contributed by atoms with Crippen molar-refractivity contribution < 1.29 is 24.2 Å². The number of amides is 1. The first kappa shape index (κ1) is 24.3. The summed E-state index contributed by atoms with van der Waals surface area (Å²) in [6, 6.07) is 11.1. The molecule has 0 aliphatic heterocycles. The average molecular weight is 470 g/mol. The molecule has 3 rings (SSSR count). The number of methoxy groups -OCH3 is 1. The number of aliphatic carboxylic acids is 1. The van der Waals surface area contributed by atoms with Gasteiger partial charge in [-0.15, -0.1) is 11.3 Å². The van der Waals surface area contributed by atoms with Gasteiger partial charge in [-0.3, -0.25) is 9.78 Å². The number of ether oxygens (including phenoxy) is 2. The van der Waals surface area contributed by atoms with Crippen molar-refractivity contribution in [2.45, 2.75) is 45.9 Å². The Hall–Kier alpha value is -3.30. The van der Waals surface area contributed by atoms with Gasteiger partial charge >= 0.3 is 5.97 Å². The monoisotopic (exact) mass is 469 g/mol. The van der Waals surface area contributed by atoms with Crippen LogP contribution in [0.4, 0.5) is 0 Å². The number of nitrogens with zero attached hydrogens (tertiary/aromatic N) is 2. The molecule has 33 heavy (non-hydrogen) atoms. The van der Waals surface area contributed by atoms with Gasteiger partial charge in [-0.2, -0.15) is 0 Å². The van der Waals surface area contributed by atoms with Gasteiger partial charge in [0, 0.05) is 17.5 Å². The van der Waals surface area contributed by atoms with Gasteiger partial charge in [-0.05, 0) is 50.6 Å². The summed E-state index contributed by atoms with van der Waals surface area (Å²) in [4.78, 5) is 33.9. The Balaban J connectivity index is 1.68. The third-order valence-electron chi connectivity index (χ3n) is 4.79. The second-order valence-corrected chi connectivity index (χ2v) is 8.88. The highest BCUT2D eigenvalue weighted by molar-refractivity contribution is 7.15. The Morgan fingerprint density at radius 1 is 1.21 bits per heavy atom. The van der Waals surface area contributed by atoms with Crippen LogP contribution in [-0.4, -0.2) is 46.3 Å². The minimum Gasteiger partial charge on any atom is -0.496 e. The lowest BCUT2D eigenvalue weighted by atomic mass is 10.1. The van der Waals surface area contributed by atoms with E-state index in [2.05, 4.69) is 15.3 Å². The molecule has 0 spiro atoms. The number of aryl methyl sites for hydroxylation is 1. The van der Waals surface area contributed by atoms with Crippen molar-refractivity contribution in [1.82, 2.24) is 15.3 Å². The lowest BCUT2D eigenvalue weighted by molar-refractivity contribution is -0.153. The van der Waals surface area contributed by atoms with Crippen LogP contribution in [0.15, 0.2) is 42.6 Å². The summed E-state index contributed by atoms with van der Waals surface area (Å²) in [5, 5.41) is 12.9. The molecule has 174 valence electrons. The average Bonchev–Trinajstić information content (AvgIpc) is 3.18. The summed E-state index contributed by atoms with van der Waals surface area (Å²) in [6.45, 7) is 5.63. The van der Waals surface area contributed by atoms with Gasteiger partial charge in [0.1, 0.15) is 16.5 Å². The Kier molecular flexibility index (Phi) is 8.13. The van der Waals surface area contributed by atoms with E-state index in [0.717, 1.165) is 16.0 Å². The number of hydrogen-bond donors (Lipinski definition) is 2. The van der Waals surface area contributed by atoms with Crippen molar-refractivity contribution in [3.05, 3.63) is 64.4 Å². The molecular formula is C24H27N3O5S. The third kappa shape index (κ3) is 6.36. The molecule has 0 saturated heterocycles. The summed E-state index contributed by atoms with van der Waals surface area (Å²) in [7, 11) is 1.60. The molecule has 2 N–H and O–H groups in total. The predicted octanol–water partition coefficient (Wildman–Crippen LogP) is 3.87. The molecule has 2 heterocycles. The van der Waals surface area contributed by atoms with Crippen molar-refractivity contribution in [2.75, 3.05) is 7.11 Å². The lowest BCUT2D eigenvalue weighted by Gasteiger charge is -2.16. The molecule has 0 aliphatic carbocycles. The van der Waals surface area contributed by atoms with E-state index >= 15 is 0 Å². The molecule has 3 aromatic rings. The quantitative estimate of drug-likeness (QED) is 0.464. The van der Waals surface area contributed by atoms with Crippen LogP contribution in [0.2, 0.25) is 0 Å². The van der Waals surface area contributed by atoms with E-state index in [1.807, 2.05) is 31.2 Å². The van der Waals surface area contributed by atoms with Gasteiger partial charge in [-0.25, -0.2) is 9.78 Å². The zero-order chi connectivity index (χ0) is 24.0. The first-order valence-corrected chi connectivity index (χ1v) is 11.3. The predicted molar refractivity (Wildman–Crippen MR) is 126 cm³/mol. The number of nitrogens with one attached hydrogen (secondary N) is 1. The van der Waals surface area contributed by atoms with Crippen LogP contribution in [0.3, 0.4) is 0 Å². The molecule has 0 radical (unpaired) electrons. The molecule has 0 aliphatic rings. The number of thiazole rings is 1. The van der Waals surface area contributed by atoms with E-state index in [0.29, 0.717) is 22.1 Å². The van der Waals surface area contributed by atoms with E-state index in [9.17, 15) is 14.7 Å². The number of para-hydroxylation sites is 1. The van der Waals surface area contributed by atoms with Crippen molar-refractivity contribution >= 4 is 23.2 Å². The highest BCUT2D eigenvalue weighted by Crippen LogP contribution is 2.34. The number of carbonyl (C=O) groups is 2. The molecule has 2 aromatic heterocycles. The van der Waals surface area contributed by atoms with Crippen molar-refractivity contribution in [2.24, 2.45) is 0 Å². The van der Waals surface area contributed by atoms with E-state index in [1.165, 1.54) is 11.3 Å². The Morgan fingerprint density at radius 2 is 1.97 bits per heavy atom. The summed E-state index contributed by atoms with van der Waals surface area (Å²) in [6.07, 6.45) is 0.665. The third-order valence-corrected chi connectivity index (χ3v) is 5.80. The maximum absolute atomic E-state index is 12.8. The Bertz CT molecular complexity index is 1130. The van der Waals surface area contributed by atoms with Crippen LogP contribution in [0, 0.1) is 6.92 Å². The van der Waals surface area contributed by atoms with E-state index < -0.39 is 12.1 Å². The van der Waals surface area contributed by atoms with Crippen LogP contribution in [0.1, 0.15) is 40.5 Å². The van der Waals surface area contributed by atoms with Gasteiger partial charge in [0.25, 0.3) is 5.91 Å². The van der Waals surface area contributed by atoms with Gasteiger partial charge in [0.15, 0.2) is 6.10 Å². The number of rotatable bonds is 10. The SMILES string of the molecule is COc1ccccc1-c1nc(C(=O)NCc2cc(CC(OC(C)C)C(=O)O)ccn2)c(C)s1. The molecule has 0 saturated carbocycles. The molecule has 8 nitrogen and oxygen atoms in total.